The zero-order valence-corrected chi connectivity index (χ0v) is 10.9. The van der Waals surface area contributed by atoms with E-state index in [1.54, 1.807) is 11.0 Å². The summed E-state index contributed by atoms with van der Waals surface area (Å²) in [6.07, 6.45) is 0. The molecule has 0 radical (unpaired) electrons. The van der Waals surface area contributed by atoms with E-state index in [0.717, 1.165) is 13.1 Å². The highest BCUT2D eigenvalue weighted by Gasteiger charge is 2.17. The van der Waals surface area contributed by atoms with Crippen molar-refractivity contribution in [3.63, 3.8) is 0 Å². The molecule has 0 aliphatic carbocycles. The van der Waals surface area contributed by atoms with Gasteiger partial charge >= 0.3 is 12.0 Å². The molecule has 2 amide bonds. The second kappa shape index (κ2) is 5.90. The third-order valence-corrected chi connectivity index (χ3v) is 3.18. The Morgan fingerprint density at radius 1 is 1.32 bits per heavy atom. The quantitative estimate of drug-likeness (QED) is 0.768. The maximum Gasteiger partial charge on any atom is 0.337 e. The Hall–Kier alpha value is -1.79. The van der Waals surface area contributed by atoms with E-state index < -0.39 is 5.97 Å². The lowest BCUT2D eigenvalue weighted by Crippen LogP contribution is -2.48. The van der Waals surface area contributed by atoms with Crippen LogP contribution in [-0.4, -0.2) is 48.2 Å². The first-order chi connectivity index (χ1) is 9.08. The predicted molar refractivity (Wildman–Crippen MR) is 71.9 cm³/mol. The van der Waals surface area contributed by atoms with E-state index in [0.29, 0.717) is 18.8 Å². The number of carboxylic acids is 1. The van der Waals surface area contributed by atoms with Crippen molar-refractivity contribution in [2.24, 2.45) is 0 Å². The number of halogens is 1. The molecular weight excluding hydrogens is 270 g/mol. The first-order valence-corrected chi connectivity index (χ1v) is 6.25. The van der Waals surface area contributed by atoms with E-state index in [-0.39, 0.29) is 16.6 Å². The average Bonchev–Trinajstić information content (AvgIpc) is 2.41. The van der Waals surface area contributed by atoms with Gasteiger partial charge in [-0.3, -0.25) is 0 Å². The van der Waals surface area contributed by atoms with Gasteiger partial charge in [0.1, 0.15) is 0 Å². The molecule has 0 aromatic heterocycles. The minimum Gasteiger partial charge on any atom is -0.478 e. The lowest BCUT2D eigenvalue weighted by atomic mass is 10.2. The number of carbonyl (C=O) groups excluding carboxylic acids is 1. The molecule has 1 aliphatic rings. The summed E-state index contributed by atoms with van der Waals surface area (Å²) in [5.41, 5.74) is 0.394. The van der Waals surface area contributed by atoms with Crippen LogP contribution in [0.25, 0.3) is 0 Å². The number of amides is 2. The smallest absolute Gasteiger partial charge is 0.337 e. The van der Waals surface area contributed by atoms with E-state index in [4.69, 9.17) is 16.7 Å². The highest BCUT2D eigenvalue weighted by Crippen LogP contribution is 2.20. The number of aromatic carboxylic acids is 1. The number of carboxylic acid groups (broad SMARTS) is 1. The molecule has 1 heterocycles. The van der Waals surface area contributed by atoms with Crippen LogP contribution in [0.3, 0.4) is 0 Å². The van der Waals surface area contributed by atoms with Crippen molar-refractivity contribution in [3.8, 4) is 0 Å². The average molecular weight is 284 g/mol. The Kier molecular flexibility index (Phi) is 4.24. The van der Waals surface area contributed by atoms with Crippen LogP contribution in [0.2, 0.25) is 5.02 Å². The largest absolute Gasteiger partial charge is 0.478 e. The molecule has 6 nitrogen and oxygen atoms in total. The molecule has 0 saturated carbocycles. The lowest BCUT2D eigenvalue weighted by molar-refractivity contribution is 0.0697. The van der Waals surface area contributed by atoms with E-state index in [9.17, 15) is 9.59 Å². The molecule has 1 aromatic rings. The molecule has 1 aromatic carbocycles. The molecule has 7 heteroatoms. The van der Waals surface area contributed by atoms with Gasteiger partial charge in [-0.2, -0.15) is 0 Å². The standard InChI is InChI=1S/C12H14ClN3O3/c13-10-2-1-8(7-9(10)11(17)18)15-12(19)16-5-3-14-4-6-16/h1-2,7,14H,3-6H2,(H,15,19)(H,17,18). The Labute approximate surface area is 115 Å². The van der Waals surface area contributed by atoms with E-state index in [1.807, 2.05) is 0 Å². The molecule has 1 fully saturated rings. The molecule has 2 rings (SSSR count). The zero-order chi connectivity index (χ0) is 13.8. The van der Waals surface area contributed by atoms with Crippen molar-refractivity contribution < 1.29 is 14.7 Å². The summed E-state index contributed by atoms with van der Waals surface area (Å²) in [6, 6.07) is 4.15. The fourth-order valence-electron chi connectivity index (χ4n) is 1.84. The summed E-state index contributed by atoms with van der Waals surface area (Å²) in [5, 5.41) is 14.9. The summed E-state index contributed by atoms with van der Waals surface area (Å²) in [5.74, 6) is -1.12. The molecule has 0 spiro atoms. The van der Waals surface area contributed by atoms with Crippen LogP contribution in [0, 0.1) is 0 Å². The number of carbonyl (C=O) groups is 2. The molecule has 102 valence electrons. The number of benzene rings is 1. The van der Waals surface area contributed by atoms with Crippen LogP contribution in [0.1, 0.15) is 10.4 Å². The molecule has 3 N–H and O–H groups in total. The van der Waals surface area contributed by atoms with Gasteiger partial charge in [0.15, 0.2) is 0 Å². The van der Waals surface area contributed by atoms with Gasteiger partial charge in [0.2, 0.25) is 0 Å². The lowest BCUT2D eigenvalue weighted by Gasteiger charge is -2.27. The third kappa shape index (κ3) is 3.36. The Balaban J connectivity index is 2.08. The van der Waals surface area contributed by atoms with Crippen LogP contribution < -0.4 is 10.6 Å². The Bertz CT molecular complexity index is 501. The van der Waals surface area contributed by atoms with Crippen molar-refractivity contribution >= 4 is 29.3 Å². The van der Waals surface area contributed by atoms with Gasteiger partial charge in [0.05, 0.1) is 10.6 Å². The van der Waals surface area contributed by atoms with Gasteiger partial charge in [-0.25, -0.2) is 9.59 Å². The van der Waals surface area contributed by atoms with Gasteiger partial charge in [0, 0.05) is 31.9 Å². The van der Waals surface area contributed by atoms with E-state index in [2.05, 4.69) is 10.6 Å². The van der Waals surface area contributed by atoms with Gasteiger partial charge in [-0.15, -0.1) is 0 Å². The third-order valence-electron chi connectivity index (χ3n) is 2.85. The SMILES string of the molecule is O=C(O)c1cc(NC(=O)N2CCNCC2)ccc1Cl. The molecule has 19 heavy (non-hydrogen) atoms. The minimum atomic E-state index is -1.12. The Morgan fingerprint density at radius 2 is 2.00 bits per heavy atom. The van der Waals surface area contributed by atoms with Crippen molar-refractivity contribution in [2.75, 3.05) is 31.5 Å². The fraction of sp³-hybridized carbons (Fsp3) is 0.333. The number of anilines is 1. The monoisotopic (exact) mass is 283 g/mol. The summed E-state index contributed by atoms with van der Waals surface area (Å²) in [7, 11) is 0. The highest BCUT2D eigenvalue weighted by molar-refractivity contribution is 6.33. The summed E-state index contributed by atoms with van der Waals surface area (Å²) in [4.78, 5) is 24.6. The van der Waals surface area contributed by atoms with E-state index >= 15 is 0 Å². The first kappa shape index (κ1) is 13.6. The molecule has 0 unspecified atom stereocenters. The van der Waals surface area contributed by atoms with Crippen molar-refractivity contribution in [1.29, 1.82) is 0 Å². The number of rotatable bonds is 2. The van der Waals surface area contributed by atoms with Crippen molar-refractivity contribution in [1.82, 2.24) is 10.2 Å². The van der Waals surface area contributed by atoms with Crippen LogP contribution in [-0.2, 0) is 0 Å². The number of hydrogen-bond donors (Lipinski definition) is 3. The zero-order valence-electron chi connectivity index (χ0n) is 10.1. The molecule has 0 atom stereocenters. The van der Waals surface area contributed by atoms with Gasteiger partial charge in [-0.05, 0) is 18.2 Å². The highest BCUT2D eigenvalue weighted by atomic mass is 35.5. The van der Waals surface area contributed by atoms with Crippen molar-refractivity contribution in [2.45, 2.75) is 0 Å². The summed E-state index contributed by atoms with van der Waals surface area (Å²) >= 11 is 5.76. The second-order valence-corrected chi connectivity index (χ2v) is 4.57. The maximum atomic E-state index is 11.9. The fourth-order valence-corrected chi connectivity index (χ4v) is 2.04. The van der Waals surface area contributed by atoms with Crippen LogP contribution in [0.15, 0.2) is 18.2 Å². The van der Waals surface area contributed by atoms with E-state index in [1.165, 1.54) is 12.1 Å². The molecule has 0 bridgehead atoms. The van der Waals surface area contributed by atoms with Gasteiger partial charge < -0.3 is 20.6 Å². The number of hydrogen-bond acceptors (Lipinski definition) is 3. The molecule has 1 aliphatic heterocycles. The van der Waals surface area contributed by atoms with Crippen molar-refractivity contribution in [3.05, 3.63) is 28.8 Å². The summed E-state index contributed by atoms with van der Waals surface area (Å²) in [6.45, 7) is 2.78. The van der Waals surface area contributed by atoms with Gasteiger partial charge in [0.25, 0.3) is 0 Å². The number of nitrogens with zero attached hydrogens (tertiary/aromatic N) is 1. The maximum absolute atomic E-state index is 11.9. The normalized spacial score (nSPS) is 15.1. The number of piperazine rings is 1. The number of urea groups is 1. The molecule has 1 saturated heterocycles. The van der Waals surface area contributed by atoms with Crippen LogP contribution in [0.5, 0.6) is 0 Å². The van der Waals surface area contributed by atoms with Crippen LogP contribution >= 0.6 is 11.6 Å². The molecular formula is C12H14ClN3O3. The topological polar surface area (TPSA) is 81.7 Å². The second-order valence-electron chi connectivity index (χ2n) is 4.17. The van der Waals surface area contributed by atoms with Crippen LogP contribution in [0.4, 0.5) is 10.5 Å². The minimum absolute atomic E-state index is 0.0280. The Morgan fingerprint density at radius 3 is 2.63 bits per heavy atom. The summed E-state index contributed by atoms with van der Waals surface area (Å²) < 4.78 is 0. The number of nitrogens with one attached hydrogen (secondary N) is 2. The first-order valence-electron chi connectivity index (χ1n) is 5.87. The van der Waals surface area contributed by atoms with Gasteiger partial charge in [-0.1, -0.05) is 11.6 Å². The predicted octanol–water partition coefficient (Wildman–Crippen LogP) is 1.48.